The van der Waals surface area contributed by atoms with Crippen LogP contribution in [0.25, 0.3) is 0 Å². The fourth-order valence-corrected chi connectivity index (χ4v) is 4.93. The Hall–Kier alpha value is -3.00. The molecular weight excluding hydrogens is 434 g/mol. The predicted molar refractivity (Wildman–Crippen MR) is 125 cm³/mol. The summed E-state index contributed by atoms with van der Waals surface area (Å²) in [5.41, 5.74) is 1.44. The van der Waals surface area contributed by atoms with Crippen molar-refractivity contribution >= 4 is 23.6 Å². The first-order valence-corrected chi connectivity index (χ1v) is 12.1. The van der Waals surface area contributed by atoms with E-state index in [0.717, 1.165) is 5.56 Å². The molecule has 1 N–H and O–H groups in total. The Morgan fingerprint density at radius 3 is 2.15 bits per heavy atom. The lowest BCUT2D eigenvalue weighted by Crippen LogP contribution is -2.50. The van der Waals surface area contributed by atoms with Crippen LogP contribution in [0.4, 0.5) is 0 Å². The van der Waals surface area contributed by atoms with Crippen molar-refractivity contribution in [3.05, 3.63) is 47.5 Å². The maximum absolute atomic E-state index is 13.2. The van der Waals surface area contributed by atoms with Crippen molar-refractivity contribution in [1.29, 1.82) is 0 Å². The summed E-state index contributed by atoms with van der Waals surface area (Å²) in [5, 5.41) is 2.90. The third-order valence-electron chi connectivity index (χ3n) is 6.82. The number of nitrogens with zero attached hydrogens (tertiary/aromatic N) is 2. The summed E-state index contributed by atoms with van der Waals surface area (Å²) < 4.78 is 5.30. The van der Waals surface area contributed by atoms with Crippen molar-refractivity contribution in [2.24, 2.45) is 17.8 Å². The molecule has 182 valence electrons. The van der Waals surface area contributed by atoms with Crippen molar-refractivity contribution in [3.63, 3.8) is 0 Å². The van der Waals surface area contributed by atoms with Crippen LogP contribution in [-0.4, -0.2) is 65.8 Å². The van der Waals surface area contributed by atoms with Crippen molar-refractivity contribution in [3.8, 4) is 0 Å². The molecule has 1 aromatic rings. The van der Waals surface area contributed by atoms with Crippen LogP contribution in [0.3, 0.4) is 0 Å². The molecule has 1 aromatic carbocycles. The molecule has 0 radical (unpaired) electrons. The number of fused-ring (bicyclic) bond motifs is 1. The van der Waals surface area contributed by atoms with Crippen molar-refractivity contribution < 1.29 is 23.9 Å². The number of carbonyl (C=O) groups excluding carboxylic acids is 4. The molecule has 3 unspecified atom stereocenters. The van der Waals surface area contributed by atoms with Gasteiger partial charge in [0.2, 0.25) is 17.7 Å². The summed E-state index contributed by atoms with van der Waals surface area (Å²) in [6.45, 7) is 6.47. The summed E-state index contributed by atoms with van der Waals surface area (Å²) in [5.74, 6) is -1.37. The van der Waals surface area contributed by atoms with E-state index in [4.69, 9.17) is 4.74 Å². The van der Waals surface area contributed by atoms with Crippen molar-refractivity contribution in [2.45, 2.75) is 45.7 Å². The summed E-state index contributed by atoms with van der Waals surface area (Å²) in [4.78, 5) is 54.8. The monoisotopic (exact) mass is 467 g/mol. The van der Waals surface area contributed by atoms with Crippen LogP contribution in [0, 0.1) is 17.8 Å². The molecule has 0 aromatic heterocycles. The second-order valence-corrected chi connectivity index (χ2v) is 9.67. The normalized spacial score (nSPS) is 23.3. The smallest absolute Gasteiger partial charge is 0.254 e. The minimum absolute atomic E-state index is 0.0297. The molecule has 8 nitrogen and oxygen atoms in total. The Morgan fingerprint density at radius 2 is 1.59 bits per heavy atom. The van der Waals surface area contributed by atoms with Crippen LogP contribution in [-0.2, 0) is 25.7 Å². The molecule has 0 saturated carbocycles. The highest BCUT2D eigenvalue weighted by atomic mass is 16.5. The van der Waals surface area contributed by atoms with Gasteiger partial charge in [-0.15, -0.1) is 0 Å². The molecule has 8 heteroatoms. The largest absolute Gasteiger partial charge is 0.378 e. The number of morpholine rings is 1. The van der Waals surface area contributed by atoms with Gasteiger partial charge in [-0.25, -0.2) is 0 Å². The zero-order valence-corrected chi connectivity index (χ0v) is 19.9. The van der Waals surface area contributed by atoms with Gasteiger partial charge in [-0.2, -0.15) is 0 Å². The van der Waals surface area contributed by atoms with E-state index >= 15 is 0 Å². The van der Waals surface area contributed by atoms with Crippen molar-refractivity contribution in [1.82, 2.24) is 15.1 Å². The molecule has 2 heterocycles. The lowest BCUT2D eigenvalue weighted by molar-refractivity contribution is -0.148. The van der Waals surface area contributed by atoms with Gasteiger partial charge in [-0.1, -0.05) is 38.1 Å². The predicted octanol–water partition coefficient (Wildman–Crippen LogP) is 2.14. The number of carbonyl (C=O) groups is 4. The highest BCUT2D eigenvalue weighted by Gasteiger charge is 2.51. The molecule has 1 aliphatic carbocycles. The maximum atomic E-state index is 13.2. The average Bonchev–Trinajstić information content (AvgIpc) is 3.11. The second-order valence-electron chi connectivity index (χ2n) is 9.67. The quantitative estimate of drug-likeness (QED) is 0.490. The number of hydrogen-bond donors (Lipinski definition) is 1. The van der Waals surface area contributed by atoms with E-state index in [1.54, 1.807) is 17.0 Å². The zero-order valence-electron chi connectivity index (χ0n) is 19.9. The standard InChI is InChI=1S/C26H33N3O5/c1-17(2)15-22(29-25(32)20-5-3-4-6-21(20)26(29)33)23(30)27-16-18-7-9-19(10-8-18)24(31)28-11-13-34-14-12-28/h3-4,7-10,17,20-22H,5-6,11-16H2,1-2H3,(H,27,30). The van der Waals surface area contributed by atoms with E-state index in [2.05, 4.69) is 5.32 Å². The van der Waals surface area contributed by atoms with E-state index in [1.807, 2.05) is 38.1 Å². The number of ether oxygens (including phenoxy) is 1. The summed E-state index contributed by atoms with van der Waals surface area (Å²) in [6.07, 6.45) is 5.42. The van der Waals surface area contributed by atoms with Gasteiger partial charge in [0.1, 0.15) is 6.04 Å². The van der Waals surface area contributed by atoms with Crippen molar-refractivity contribution in [2.75, 3.05) is 26.3 Å². The van der Waals surface area contributed by atoms with Crippen LogP contribution in [0.2, 0.25) is 0 Å². The Balaban J connectivity index is 1.40. The number of rotatable bonds is 7. The average molecular weight is 468 g/mol. The lowest BCUT2D eigenvalue weighted by atomic mass is 9.85. The first-order valence-electron chi connectivity index (χ1n) is 12.1. The maximum Gasteiger partial charge on any atom is 0.254 e. The number of benzene rings is 1. The first kappa shape index (κ1) is 24.1. The van der Waals surface area contributed by atoms with Gasteiger partial charge < -0.3 is 15.0 Å². The Bertz CT molecular complexity index is 939. The van der Waals surface area contributed by atoms with Gasteiger partial charge in [0.25, 0.3) is 5.91 Å². The van der Waals surface area contributed by atoms with Gasteiger partial charge in [0.15, 0.2) is 0 Å². The molecular formula is C26H33N3O5. The number of imide groups is 1. The van der Waals surface area contributed by atoms with E-state index in [9.17, 15) is 19.2 Å². The molecule has 4 amide bonds. The summed E-state index contributed by atoms with van der Waals surface area (Å²) >= 11 is 0. The number of hydrogen-bond acceptors (Lipinski definition) is 5. The molecule has 4 rings (SSSR count). The minimum atomic E-state index is -0.812. The fourth-order valence-electron chi connectivity index (χ4n) is 4.93. The van der Waals surface area contributed by atoms with E-state index < -0.39 is 6.04 Å². The summed E-state index contributed by atoms with van der Waals surface area (Å²) in [6, 6.07) is 6.34. The third-order valence-corrected chi connectivity index (χ3v) is 6.82. The van der Waals surface area contributed by atoms with Gasteiger partial charge in [0.05, 0.1) is 25.0 Å². The van der Waals surface area contributed by atoms with Crippen LogP contribution < -0.4 is 5.32 Å². The van der Waals surface area contributed by atoms with Gasteiger partial charge in [-0.05, 0) is 42.9 Å². The fraction of sp³-hybridized carbons (Fsp3) is 0.538. The second kappa shape index (κ2) is 10.5. The lowest BCUT2D eigenvalue weighted by Gasteiger charge is -2.27. The number of nitrogens with one attached hydrogen (secondary N) is 1. The Labute approximate surface area is 200 Å². The number of amides is 4. The Morgan fingerprint density at radius 1 is 1.00 bits per heavy atom. The SMILES string of the molecule is CC(C)CC(C(=O)NCc1ccc(C(=O)N2CCOCC2)cc1)N1C(=O)C2CC=CCC2C1=O. The highest BCUT2D eigenvalue weighted by Crippen LogP contribution is 2.37. The highest BCUT2D eigenvalue weighted by molar-refractivity contribution is 6.08. The number of allylic oxidation sites excluding steroid dienone is 2. The molecule has 0 bridgehead atoms. The zero-order chi connectivity index (χ0) is 24.2. The van der Waals surface area contributed by atoms with E-state index in [0.29, 0.717) is 51.1 Å². The molecule has 2 fully saturated rings. The van der Waals surface area contributed by atoms with E-state index in [1.165, 1.54) is 4.90 Å². The van der Waals surface area contributed by atoms with Crippen LogP contribution in [0.15, 0.2) is 36.4 Å². The number of likely N-dealkylation sites (tertiary alicyclic amines) is 1. The molecule has 3 atom stereocenters. The molecule has 2 aliphatic heterocycles. The van der Waals surface area contributed by atoms with Gasteiger partial charge in [0, 0.05) is 25.2 Å². The molecule has 0 spiro atoms. The van der Waals surface area contributed by atoms with Gasteiger partial charge in [-0.3, -0.25) is 24.1 Å². The van der Waals surface area contributed by atoms with E-state index in [-0.39, 0.29) is 47.9 Å². The third kappa shape index (κ3) is 5.06. The van der Waals surface area contributed by atoms with Gasteiger partial charge >= 0.3 is 0 Å². The summed E-state index contributed by atoms with van der Waals surface area (Å²) in [7, 11) is 0. The molecule has 3 aliphatic rings. The first-order chi connectivity index (χ1) is 16.4. The molecule has 2 saturated heterocycles. The Kier molecular flexibility index (Phi) is 7.46. The molecule has 34 heavy (non-hydrogen) atoms. The van der Waals surface area contributed by atoms with Crippen LogP contribution in [0.5, 0.6) is 0 Å². The topological polar surface area (TPSA) is 96.0 Å². The minimum Gasteiger partial charge on any atom is -0.378 e. The van der Waals surface area contributed by atoms with Crippen LogP contribution in [0.1, 0.15) is 49.0 Å². The van der Waals surface area contributed by atoms with Crippen LogP contribution >= 0.6 is 0 Å².